The number of sulfonamides is 1. The van der Waals surface area contributed by atoms with E-state index in [0.717, 1.165) is 24.5 Å². The molecular formula is C14H25IN4O2S. The van der Waals surface area contributed by atoms with Gasteiger partial charge in [-0.3, -0.25) is 4.99 Å². The second-order valence-electron chi connectivity index (χ2n) is 5.22. The summed E-state index contributed by atoms with van der Waals surface area (Å²) in [5, 5.41) is 11.5. The number of primary sulfonamides is 1. The fourth-order valence-electron chi connectivity index (χ4n) is 1.68. The molecule has 0 fully saturated rings. The van der Waals surface area contributed by atoms with E-state index < -0.39 is 10.0 Å². The molecule has 0 amide bonds. The van der Waals surface area contributed by atoms with Crippen molar-refractivity contribution in [1.29, 1.82) is 0 Å². The Morgan fingerprint density at radius 3 is 2.27 bits per heavy atom. The molecule has 0 saturated heterocycles. The van der Waals surface area contributed by atoms with Crippen molar-refractivity contribution in [3.63, 3.8) is 0 Å². The van der Waals surface area contributed by atoms with Crippen molar-refractivity contribution in [2.24, 2.45) is 16.0 Å². The summed E-state index contributed by atoms with van der Waals surface area (Å²) in [6.07, 6.45) is 1.07. The standard InChI is InChI=1S/C14H24N4O2S.HI/c1-11(2)8-9-17-14(16-3)18-10-12-4-6-13(7-5-12)21(15,19)20;/h4-7,11H,8-10H2,1-3H3,(H2,15,19,20)(H2,16,17,18);1H. The highest BCUT2D eigenvalue weighted by molar-refractivity contribution is 14.0. The van der Waals surface area contributed by atoms with E-state index in [4.69, 9.17) is 5.14 Å². The average Bonchev–Trinajstić information content (AvgIpc) is 2.41. The van der Waals surface area contributed by atoms with E-state index in [9.17, 15) is 8.42 Å². The third kappa shape index (κ3) is 7.95. The van der Waals surface area contributed by atoms with E-state index in [1.165, 1.54) is 12.1 Å². The third-order valence-electron chi connectivity index (χ3n) is 2.95. The normalized spacial score (nSPS) is 12.0. The molecule has 0 atom stereocenters. The molecule has 0 spiro atoms. The van der Waals surface area contributed by atoms with Crippen molar-refractivity contribution < 1.29 is 8.42 Å². The molecule has 1 rings (SSSR count). The number of halogens is 1. The molecule has 0 aliphatic rings. The van der Waals surface area contributed by atoms with Crippen LogP contribution in [0.1, 0.15) is 25.8 Å². The van der Waals surface area contributed by atoms with Gasteiger partial charge in [0.25, 0.3) is 0 Å². The number of hydrogen-bond acceptors (Lipinski definition) is 3. The summed E-state index contributed by atoms with van der Waals surface area (Å²) in [6, 6.07) is 6.46. The lowest BCUT2D eigenvalue weighted by Crippen LogP contribution is -2.37. The SMILES string of the molecule is CN=C(NCCC(C)C)NCc1ccc(S(N)(=O)=O)cc1.I. The van der Waals surface area contributed by atoms with Crippen molar-refractivity contribution in [2.75, 3.05) is 13.6 Å². The first kappa shape index (κ1) is 21.1. The van der Waals surface area contributed by atoms with E-state index in [2.05, 4.69) is 29.5 Å². The van der Waals surface area contributed by atoms with Gasteiger partial charge in [-0.05, 0) is 30.0 Å². The Balaban J connectivity index is 0.00000441. The van der Waals surface area contributed by atoms with Gasteiger partial charge >= 0.3 is 0 Å². The van der Waals surface area contributed by atoms with Gasteiger partial charge in [0.2, 0.25) is 10.0 Å². The van der Waals surface area contributed by atoms with Crippen LogP contribution in [0, 0.1) is 5.92 Å². The fraction of sp³-hybridized carbons (Fsp3) is 0.500. The van der Waals surface area contributed by atoms with Gasteiger partial charge in [0.15, 0.2) is 5.96 Å². The highest BCUT2D eigenvalue weighted by atomic mass is 127. The molecule has 0 aliphatic heterocycles. The Morgan fingerprint density at radius 2 is 1.82 bits per heavy atom. The molecule has 0 unspecified atom stereocenters. The van der Waals surface area contributed by atoms with Crippen molar-refractivity contribution in [3.05, 3.63) is 29.8 Å². The van der Waals surface area contributed by atoms with Crippen LogP contribution in [0.5, 0.6) is 0 Å². The Kier molecular flexibility index (Phi) is 9.61. The molecular weight excluding hydrogens is 415 g/mol. The molecule has 0 bridgehead atoms. The molecule has 0 heterocycles. The van der Waals surface area contributed by atoms with Gasteiger partial charge < -0.3 is 10.6 Å². The van der Waals surface area contributed by atoms with Crippen LogP contribution in [0.25, 0.3) is 0 Å². The Bertz CT molecular complexity index is 571. The van der Waals surface area contributed by atoms with E-state index in [1.807, 2.05) is 0 Å². The van der Waals surface area contributed by atoms with E-state index in [1.54, 1.807) is 19.2 Å². The first-order chi connectivity index (χ1) is 9.82. The van der Waals surface area contributed by atoms with Crippen LogP contribution in [0.4, 0.5) is 0 Å². The maximum absolute atomic E-state index is 11.2. The monoisotopic (exact) mass is 440 g/mol. The molecule has 22 heavy (non-hydrogen) atoms. The van der Waals surface area contributed by atoms with Gasteiger partial charge in [0.1, 0.15) is 0 Å². The highest BCUT2D eigenvalue weighted by Gasteiger charge is 2.06. The first-order valence-electron chi connectivity index (χ1n) is 6.89. The number of nitrogens with zero attached hydrogens (tertiary/aromatic N) is 1. The zero-order valence-corrected chi connectivity index (χ0v) is 16.3. The minimum atomic E-state index is -3.63. The number of guanidine groups is 1. The predicted octanol–water partition coefficient (Wildman–Crippen LogP) is 1.66. The summed E-state index contributed by atoms with van der Waals surface area (Å²) < 4.78 is 22.3. The third-order valence-corrected chi connectivity index (χ3v) is 3.88. The lowest BCUT2D eigenvalue weighted by Gasteiger charge is -2.13. The molecule has 0 aromatic heterocycles. The van der Waals surface area contributed by atoms with Crippen LogP contribution in [-0.2, 0) is 16.6 Å². The van der Waals surface area contributed by atoms with E-state index >= 15 is 0 Å². The van der Waals surface area contributed by atoms with E-state index in [-0.39, 0.29) is 28.9 Å². The van der Waals surface area contributed by atoms with E-state index in [0.29, 0.717) is 12.5 Å². The molecule has 0 radical (unpaired) electrons. The van der Waals surface area contributed by atoms with Crippen LogP contribution in [0.2, 0.25) is 0 Å². The maximum atomic E-state index is 11.2. The Labute approximate surface area is 150 Å². The predicted molar refractivity (Wildman–Crippen MR) is 101 cm³/mol. The smallest absolute Gasteiger partial charge is 0.238 e. The summed E-state index contributed by atoms with van der Waals surface area (Å²) in [7, 11) is -1.92. The van der Waals surface area contributed by atoms with Crippen molar-refractivity contribution in [2.45, 2.75) is 31.7 Å². The maximum Gasteiger partial charge on any atom is 0.238 e. The second-order valence-corrected chi connectivity index (χ2v) is 6.79. The molecule has 0 saturated carbocycles. The zero-order valence-electron chi connectivity index (χ0n) is 13.2. The number of hydrogen-bond donors (Lipinski definition) is 3. The van der Waals surface area contributed by atoms with Gasteiger partial charge in [-0.15, -0.1) is 24.0 Å². The first-order valence-corrected chi connectivity index (χ1v) is 8.44. The van der Waals surface area contributed by atoms with Gasteiger partial charge in [-0.25, -0.2) is 13.6 Å². The molecule has 126 valence electrons. The lowest BCUT2D eigenvalue weighted by molar-refractivity contribution is 0.573. The van der Waals surface area contributed by atoms with Crippen molar-refractivity contribution in [3.8, 4) is 0 Å². The Hall–Kier alpha value is -0.870. The minimum Gasteiger partial charge on any atom is -0.356 e. The van der Waals surface area contributed by atoms with Crippen LogP contribution < -0.4 is 15.8 Å². The number of aliphatic imine (C=N–C) groups is 1. The summed E-state index contributed by atoms with van der Waals surface area (Å²) >= 11 is 0. The van der Waals surface area contributed by atoms with Crippen LogP contribution >= 0.6 is 24.0 Å². The highest BCUT2D eigenvalue weighted by Crippen LogP contribution is 2.08. The molecule has 8 heteroatoms. The Morgan fingerprint density at radius 1 is 1.23 bits per heavy atom. The van der Waals surface area contributed by atoms with Gasteiger partial charge in [0, 0.05) is 20.1 Å². The summed E-state index contributed by atoms with van der Waals surface area (Å²) in [6.45, 7) is 5.77. The molecule has 4 N–H and O–H groups in total. The van der Waals surface area contributed by atoms with Crippen molar-refractivity contribution in [1.82, 2.24) is 10.6 Å². The number of nitrogens with two attached hydrogens (primary N) is 1. The average molecular weight is 440 g/mol. The molecule has 1 aromatic rings. The number of benzene rings is 1. The molecule has 6 nitrogen and oxygen atoms in total. The van der Waals surface area contributed by atoms with Gasteiger partial charge in [0.05, 0.1) is 4.90 Å². The second kappa shape index (κ2) is 10.0. The van der Waals surface area contributed by atoms with Gasteiger partial charge in [-0.2, -0.15) is 0 Å². The molecule has 1 aromatic carbocycles. The quantitative estimate of drug-likeness (QED) is 0.356. The largest absolute Gasteiger partial charge is 0.356 e. The van der Waals surface area contributed by atoms with Crippen LogP contribution in [0.15, 0.2) is 34.2 Å². The summed E-state index contributed by atoms with van der Waals surface area (Å²) in [4.78, 5) is 4.25. The topological polar surface area (TPSA) is 96.6 Å². The van der Waals surface area contributed by atoms with Gasteiger partial charge in [-0.1, -0.05) is 26.0 Å². The molecule has 0 aliphatic carbocycles. The fourth-order valence-corrected chi connectivity index (χ4v) is 2.20. The van der Waals surface area contributed by atoms with Crippen LogP contribution in [-0.4, -0.2) is 28.0 Å². The minimum absolute atomic E-state index is 0. The van der Waals surface area contributed by atoms with Crippen LogP contribution in [0.3, 0.4) is 0 Å². The number of rotatable bonds is 6. The number of nitrogens with one attached hydrogen (secondary N) is 2. The zero-order chi connectivity index (χ0) is 15.9. The summed E-state index contributed by atoms with van der Waals surface area (Å²) in [5.74, 6) is 1.37. The van der Waals surface area contributed by atoms with Crippen molar-refractivity contribution >= 4 is 40.0 Å². The summed E-state index contributed by atoms with van der Waals surface area (Å²) in [5.41, 5.74) is 0.953. The lowest BCUT2D eigenvalue weighted by atomic mass is 10.1.